The van der Waals surface area contributed by atoms with E-state index in [0.717, 1.165) is 5.56 Å². The van der Waals surface area contributed by atoms with Crippen LogP contribution in [0.25, 0.3) is 0 Å². The molecule has 0 saturated carbocycles. The minimum atomic E-state index is -0.943. The molecule has 6 heteroatoms. The maximum atomic E-state index is 12.5. The maximum absolute atomic E-state index is 12.5. The van der Waals surface area contributed by atoms with E-state index in [-0.39, 0.29) is 18.4 Å². The Labute approximate surface area is 128 Å². The van der Waals surface area contributed by atoms with E-state index in [0.29, 0.717) is 13.0 Å². The SMILES string of the molecule is CC1(C#N)CC2(CNC2=O)N(C(=O)CN)C1c1ccccc1. The number of rotatable bonds is 2. The van der Waals surface area contributed by atoms with Crippen LogP contribution < -0.4 is 11.1 Å². The van der Waals surface area contributed by atoms with Crippen LogP contribution in [0.3, 0.4) is 0 Å². The molecule has 3 N–H and O–H groups in total. The second kappa shape index (κ2) is 4.82. The lowest BCUT2D eigenvalue weighted by molar-refractivity contribution is -0.153. The largest absolute Gasteiger partial charge is 0.351 e. The van der Waals surface area contributed by atoms with Gasteiger partial charge in [0.15, 0.2) is 0 Å². The summed E-state index contributed by atoms with van der Waals surface area (Å²) in [6, 6.07) is 11.2. The molecule has 3 rings (SSSR count). The maximum Gasteiger partial charge on any atom is 0.248 e. The van der Waals surface area contributed by atoms with E-state index in [2.05, 4.69) is 11.4 Å². The Morgan fingerprint density at radius 1 is 1.50 bits per heavy atom. The van der Waals surface area contributed by atoms with Gasteiger partial charge in [-0.3, -0.25) is 9.59 Å². The van der Waals surface area contributed by atoms with Crippen molar-refractivity contribution >= 4 is 11.8 Å². The third-order valence-corrected chi connectivity index (χ3v) is 4.76. The lowest BCUT2D eigenvalue weighted by Crippen LogP contribution is -2.72. The van der Waals surface area contributed by atoms with Crippen LogP contribution in [0.1, 0.15) is 24.9 Å². The van der Waals surface area contributed by atoms with Gasteiger partial charge in [0.2, 0.25) is 11.8 Å². The summed E-state index contributed by atoms with van der Waals surface area (Å²) in [6.07, 6.45) is 0.327. The summed E-state index contributed by atoms with van der Waals surface area (Å²) in [5, 5.41) is 12.4. The van der Waals surface area contributed by atoms with E-state index in [1.165, 1.54) is 0 Å². The molecule has 1 spiro atoms. The van der Waals surface area contributed by atoms with Gasteiger partial charge in [0.25, 0.3) is 0 Å². The van der Waals surface area contributed by atoms with Gasteiger partial charge in [0.05, 0.1) is 30.6 Å². The summed E-state index contributed by atoms with van der Waals surface area (Å²) in [5.74, 6) is -0.503. The van der Waals surface area contributed by atoms with Crippen LogP contribution >= 0.6 is 0 Å². The normalized spacial score (nSPS) is 33.2. The Morgan fingerprint density at radius 3 is 2.64 bits per heavy atom. The van der Waals surface area contributed by atoms with Gasteiger partial charge in [-0.05, 0) is 12.5 Å². The molecule has 1 aromatic carbocycles. The average Bonchev–Trinajstić information content (AvgIpc) is 2.86. The van der Waals surface area contributed by atoms with Crippen LogP contribution in [0.5, 0.6) is 0 Å². The molecule has 1 aromatic rings. The topological polar surface area (TPSA) is 99.2 Å². The minimum absolute atomic E-state index is 0.181. The van der Waals surface area contributed by atoms with Crippen molar-refractivity contribution in [2.45, 2.75) is 24.9 Å². The van der Waals surface area contributed by atoms with Crippen LogP contribution in [-0.4, -0.2) is 35.3 Å². The summed E-state index contributed by atoms with van der Waals surface area (Å²) in [7, 11) is 0. The number of nitrogens with two attached hydrogens (primary N) is 1. The molecule has 2 saturated heterocycles. The lowest BCUT2D eigenvalue weighted by atomic mass is 9.75. The van der Waals surface area contributed by atoms with Crippen LogP contribution in [0.4, 0.5) is 0 Å². The van der Waals surface area contributed by atoms with Crippen LogP contribution in [0.2, 0.25) is 0 Å². The standard InChI is InChI=1S/C16H18N4O2/c1-15(9-18)8-16(10-19-14(16)22)20(12(21)7-17)13(15)11-5-3-2-4-6-11/h2-6,13H,7-8,10,17H2,1H3,(H,19,22). The van der Waals surface area contributed by atoms with Gasteiger partial charge in [0.1, 0.15) is 5.54 Å². The van der Waals surface area contributed by atoms with Gasteiger partial charge in [-0.1, -0.05) is 30.3 Å². The first-order chi connectivity index (χ1) is 10.5. The van der Waals surface area contributed by atoms with Crippen LogP contribution in [0, 0.1) is 16.7 Å². The highest BCUT2D eigenvalue weighted by Crippen LogP contribution is 2.55. The zero-order valence-corrected chi connectivity index (χ0v) is 12.4. The molecule has 0 aromatic heterocycles. The highest BCUT2D eigenvalue weighted by Gasteiger charge is 2.66. The predicted molar refractivity (Wildman–Crippen MR) is 79.2 cm³/mol. The second-order valence-electron chi connectivity index (χ2n) is 6.20. The molecule has 3 unspecified atom stereocenters. The zero-order chi connectivity index (χ0) is 16.0. The predicted octanol–water partition coefficient (Wildman–Crippen LogP) is 0.317. The zero-order valence-electron chi connectivity index (χ0n) is 12.4. The Morgan fingerprint density at radius 2 is 2.18 bits per heavy atom. The molecule has 3 atom stereocenters. The number of hydrogen-bond acceptors (Lipinski definition) is 4. The van der Waals surface area contributed by atoms with Gasteiger partial charge in [-0.2, -0.15) is 5.26 Å². The van der Waals surface area contributed by atoms with E-state index in [9.17, 15) is 14.9 Å². The van der Waals surface area contributed by atoms with Crippen molar-refractivity contribution in [3.8, 4) is 6.07 Å². The summed E-state index contributed by atoms with van der Waals surface area (Å²) in [5.41, 5.74) is 4.64. The summed E-state index contributed by atoms with van der Waals surface area (Å²) >= 11 is 0. The molecular weight excluding hydrogens is 280 g/mol. The molecule has 114 valence electrons. The van der Waals surface area contributed by atoms with Crippen molar-refractivity contribution in [3.05, 3.63) is 35.9 Å². The smallest absolute Gasteiger partial charge is 0.248 e. The van der Waals surface area contributed by atoms with Gasteiger partial charge >= 0.3 is 0 Å². The number of β-lactam (4-membered cyclic amide) rings is 1. The van der Waals surface area contributed by atoms with Crippen molar-refractivity contribution in [2.24, 2.45) is 11.1 Å². The first kappa shape index (κ1) is 14.5. The highest BCUT2D eigenvalue weighted by atomic mass is 16.2. The molecule has 6 nitrogen and oxygen atoms in total. The number of likely N-dealkylation sites (tertiary alicyclic amines) is 1. The highest BCUT2D eigenvalue weighted by molar-refractivity contribution is 5.98. The molecule has 2 aliphatic heterocycles. The number of nitrogens with one attached hydrogen (secondary N) is 1. The Balaban J connectivity index is 2.16. The Hall–Kier alpha value is -2.39. The molecule has 2 heterocycles. The number of hydrogen-bond donors (Lipinski definition) is 2. The van der Waals surface area contributed by atoms with Crippen molar-refractivity contribution < 1.29 is 9.59 Å². The third-order valence-electron chi connectivity index (χ3n) is 4.76. The van der Waals surface area contributed by atoms with Crippen molar-refractivity contribution in [3.63, 3.8) is 0 Å². The molecule has 2 aliphatic rings. The van der Waals surface area contributed by atoms with Crippen LogP contribution in [-0.2, 0) is 9.59 Å². The monoisotopic (exact) mass is 298 g/mol. The molecular formula is C16H18N4O2. The van der Waals surface area contributed by atoms with E-state index in [1.807, 2.05) is 37.3 Å². The van der Waals surface area contributed by atoms with Crippen molar-refractivity contribution in [1.82, 2.24) is 10.2 Å². The fourth-order valence-corrected chi connectivity index (χ4v) is 3.76. The first-order valence-electron chi connectivity index (χ1n) is 7.25. The molecule has 22 heavy (non-hydrogen) atoms. The number of nitriles is 1. The Kier molecular flexibility index (Phi) is 3.18. The first-order valence-corrected chi connectivity index (χ1v) is 7.25. The number of benzene rings is 1. The average molecular weight is 298 g/mol. The van der Waals surface area contributed by atoms with Gasteiger partial charge in [0, 0.05) is 6.42 Å². The number of nitrogens with zero attached hydrogens (tertiary/aromatic N) is 2. The van der Waals surface area contributed by atoms with Gasteiger partial charge < -0.3 is 16.0 Å². The summed E-state index contributed by atoms with van der Waals surface area (Å²) in [4.78, 5) is 26.2. The fraction of sp³-hybridized carbons (Fsp3) is 0.438. The summed E-state index contributed by atoms with van der Waals surface area (Å²) in [6.45, 7) is 2.00. The quantitative estimate of drug-likeness (QED) is 0.768. The second-order valence-corrected chi connectivity index (χ2v) is 6.20. The third kappa shape index (κ3) is 1.76. The van der Waals surface area contributed by atoms with Gasteiger partial charge in [-0.25, -0.2) is 0 Å². The van der Waals surface area contributed by atoms with E-state index in [4.69, 9.17) is 5.73 Å². The summed E-state index contributed by atoms with van der Waals surface area (Å²) < 4.78 is 0. The number of carbonyl (C=O) groups excluding carboxylic acids is 2. The molecule has 2 fully saturated rings. The van der Waals surface area contributed by atoms with Crippen molar-refractivity contribution in [2.75, 3.05) is 13.1 Å². The Bertz CT molecular complexity index is 668. The number of amides is 2. The molecule has 0 radical (unpaired) electrons. The van der Waals surface area contributed by atoms with Gasteiger partial charge in [-0.15, -0.1) is 0 Å². The van der Waals surface area contributed by atoms with E-state index in [1.54, 1.807) is 4.90 Å². The molecule has 0 bridgehead atoms. The fourth-order valence-electron chi connectivity index (χ4n) is 3.76. The molecule has 0 aliphatic carbocycles. The molecule has 2 amide bonds. The van der Waals surface area contributed by atoms with E-state index >= 15 is 0 Å². The van der Waals surface area contributed by atoms with Crippen molar-refractivity contribution in [1.29, 1.82) is 5.26 Å². The number of carbonyl (C=O) groups is 2. The van der Waals surface area contributed by atoms with Crippen LogP contribution in [0.15, 0.2) is 30.3 Å². The minimum Gasteiger partial charge on any atom is -0.351 e. The van der Waals surface area contributed by atoms with E-state index < -0.39 is 17.0 Å². The lowest BCUT2D eigenvalue weighted by Gasteiger charge is -2.45.